The second kappa shape index (κ2) is 8.80. The number of rotatable bonds is 6. The number of aryl methyl sites for hydroxylation is 1. The number of hydrogen-bond donors (Lipinski definition) is 1. The van der Waals surface area contributed by atoms with E-state index >= 15 is 0 Å². The van der Waals surface area contributed by atoms with Gasteiger partial charge in [0.25, 0.3) is 5.91 Å². The SMILES string of the molecule is Cc1ccc(SCCNC(=O)c2cccc(N3CCCCS3(=O)=O)c2)cc1. The molecule has 5 nitrogen and oxygen atoms in total. The molecule has 1 aliphatic rings. The van der Waals surface area contributed by atoms with Crippen molar-refractivity contribution in [2.24, 2.45) is 0 Å². The summed E-state index contributed by atoms with van der Waals surface area (Å²) in [7, 11) is -3.28. The van der Waals surface area contributed by atoms with E-state index in [0.29, 0.717) is 30.8 Å². The van der Waals surface area contributed by atoms with E-state index in [2.05, 4.69) is 36.5 Å². The van der Waals surface area contributed by atoms with E-state index in [1.54, 1.807) is 36.0 Å². The van der Waals surface area contributed by atoms with E-state index in [0.717, 1.165) is 12.2 Å². The highest BCUT2D eigenvalue weighted by atomic mass is 32.2. The summed E-state index contributed by atoms with van der Waals surface area (Å²) in [6.45, 7) is 3.07. The maximum absolute atomic E-state index is 12.4. The molecule has 0 bridgehead atoms. The molecule has 0 atom stereocenters. The number of carbonyl (C=O) groups excluding carboxylic acids is 1. The van der Waals surface area contributed by atoms with Crippen molar-refractivity contribution in [3.63, 3.8) is 0 Å². The fraction of sp³-hybridized carbons (Fsp3) is 0.350. The summed E-state index contributed by atoms with van der Waals surface area (Å²) in [6.07, 6.45) is 1.53. The normalized spacial score (nSPS) is 16.1. The molecule has 1 fully saturated rings. The van der Waals surface area contributed by atoms with Gasteiger partial charge in [0.2, 0.25) is 10.0 Å². The van der Waals surface area contributed by atoms with Gasteiger partial charge in [0.15, 0.2) is 0 Å². The molecule has 1 aliphatic heterocycles. The summed E-state index contributed by atoms with van der Waals surface area (Å²) in [5.74, 6) is 0.755. The van der Waals surface area contributed by atoms with Gasteiger partial charge in [0, 0.05) is 29.3 Å². The third-order valence-electron chi connectivity index (χ3n) is 4.42. The van der Waals surface area contributed by atoms with Crippen LogP contribution in [0.25, 0.3) is 0 Å². The van der Waals surface area contributed by atoms with Gasteiger partial charge in [0.05, 0.1) is 11.4 Å². The third kappa shape index (κ3) is 5.26. The van der Waals surface area contributed by atoms with Crippen LogP contribution in [0.5, 0.6) is 0 Å². The Labute approximate surface area is 165 Å². The number of amides is 1. The van der Waals surface area contributed by atoms with Gasteiger partial charge in [0.1, 0.15) is 0 Å². The zero-order valence-corrected chi connectivity index (χ0v) is 17.0. The Kier molecular flexibility index (Phi) is 6.44. The van der Waals surface area contributed by atoms with E-state index in [1.807, 2.05) is 0 Å². The van der Waals surface area contributed by atoms with Crippen LogP contribution in [0.1, 0.15) is 28.8 Å². The minimum Gasteiger partial charge on any atom is -0.351 e. The highest BCUT2D eigenvalue weighted by molar-refractivity contribution is 7.99. The quantitative estimate of drug-likeness (QED) is 0.592. The van der Waals surface area contributed by atoms with Crippen LogP contribution < -0.4 is 9.62 Å². The Morgan fingerprint density at radius 1 is 1.15 bits per heavy atom. The second-order valence-corrected chi connectivity index (χ2v) is 9.74. The Morgan fingerprint density at radius 3 is 2.67 bits per heavy atom. The summed E-state index contributed by atoms with van der Waals surface area (Å²) < 4.78 is 25.9. The number of benzene rings is 2. The molecular formula is C20H24N2O3S2. The highest BCUT2D eigenvalue weighted by Crippen LogP contribution is 2.24. The monoisotopic (exact) mass is 404 g/mol. The Balaban J connectivity index is 1.56. The summed E-state index contributed by atoms with van der Waals surface area (Å²) in [5.41, 5.74) is 2.27. The minimum atomic E-state index is -3.28. The lowest BCUT2D eigenvalue weighted by molar-refractivity contribution is 0.0956. The molecule has 0 radical (unpaired) electrons. The number of thioether (sulfide) groups is 1. The first-order valence-corrected chi connectivity index (χ1v) is 11.6. The Bertz CT molecular complexity index is 896. The van der Waals surface area contributed by atoms with E-state index in [-0.39, 0.29) is 11.7 Å². The van der Waals surface area contributed by atoms with Gasteiger partial charge in [-0.3, -0.25) is 9.10 Å². The molecule has 2 aromatic carbocycles. The highest BCUT2D eigenvalue weighted by Gasteiger charge is 2.26. The van der Waals surface area contributed by atoms with Gasteiger partial charge < -0.3 is 5.32 Å². The average molecular weight is 405 g/mol. The molecule has 2 aromatic rings. The zero-order valence-electron chi connectivity index (χ0n) is 15.3. The van der Waals surface area contributed by atoms with Crippen molar-refractivity contribution >= 4 is 33.4 Å². The maximum Gasteiger partial charge on any atom is 0.251 e. The number of nitrogens with one attached hydrogen (secondary N) is 1. The predicted octanol–water partition coefficient (Wildman–Crippen LogP) is 3.45. The van der Waals surface area contributed by atoms with Crippen LogP contribution in [0, 0.1) is 6.92 Å². The Morgan fingerprint density at radius 2 is 1.93 bits per heavy atom. The largest absolute Gasteiger partial charge is 0.351 e. The van der Waals surface area contributed by atoms with Crippen LogP contribution in [0.4, 0.5) is 5.69 Å². The smallest absolute Gasteiger partial charge is 0.251 e. The van der Waals surface area contributed by atoms with Gasteiger partial charge >= 0.3 is 0 Å². The summed E-state index contributed by atoms with van der Waals surface area (Å²) in [6, 6.07) is 15.1. The average Bonchev–Trinajstić information content (AvgIpc) is 2.66. The van der Waals surface area contributed by atoms with Crippen LogP contribution in [0.3, 0.4) is 0 Å². The lowest BCUT2D eigenvalue weighted by Gasteiger charge is -2.28. The number of carbonyl (C=O) groups is 1. The molecule has 1 heterocycles. The van der Waals surface area contributed by atoms with Crippen molar-refractivity contribution in [1.29, 1.82) is 0 Å². The van der Waals surface area contributed by atoms with Gasteiger partial charge in [-0.2, -0.15) is 0 Å². The second-order valence-electron chi connectivity index (χ2n) is 6.56. The molecule has 0 aliphatic carbocycles. The summed E-state index contributed by atoms with van der Waals surface area (Å²) in [4.78, 5) is 13.6. The fourth-order valence-corrected chi connectivity index (χ4v) is 5.35. The Hall–Kier alpha value is -1.99. The van der Waals surface area contributed by atoms with Gasteiger partial charge in [-0.15, -0.1) is 11.8 Å². The molecule has 27 heavy (non-hydrogen) atoms. The molecule has 1 N–H and O–H groups in total. The van der Waals surface area contributed by atoms with Crippen molar-refractivity contribution < 1.29 is 13.2 Å². The van der Waals surface area contributed by atoms with Crippen molar-refractivity contribution in [2.75, 3.05) is 28.9 Å². The molecule has 144 valence electrons. The standard InChI is InChI=1S/C20H24N2O3S2/c1-16-7-9-19(10-8-16)26-13-11-21-20(23)17-5-4-6-18(15-17)22-12-2-3-14-27(22,24)25/h4-10,15H,2-3,11-14H2,1H3,(H,21,23). The lowest BCUT2D eigenvalue weighted by Crippen LogP contribution is -2.38. The lowest BCUT2D eigenvalue weighted by atomic mass is 10.2. The first-order chi connectivity index (χ1) is 13.0. The molecule has 0 unspecified atom stereocenters. The number of anilines is 1. The molecule has 0 saturated carbocycles. The molecule has 7 heteroatoms. The molecule has 1 amide bonds. The van der Waals surface area contributed by atoms with Crippen LogP contribution in [-0.4, -0.2) is 38.9 Å². The first kappa shape index (κ1) is 19.8. The summed E-state index contributed by atoms with van der Waals surface area (Å²) in [5, 5.41) is 2.90. The number of hydrogen-bond acceptors (Lipinski definition) is 4. The maximum atomic E-state index is 12.4. The zero-order chi connectivity index (χ0) is 19.3. The van der Waals surface area contributed by atoms with Gasteiger partial charge in [-0.05, 0) is 50.1 Å². The van der Waals surface area contributed by atoms with Gasteiger partial charge in [-0.1, -0.05) is 23.8 Å². The topological polar surface area (TPSA) is 66.5 Å². The van der Waals surface area contributed by atoms with Crippen LogP contribution in [0.15, 0.2) is 53.4 Å². The van der Waals surface area contributed by atoms with E-state index < -0.39 is 10.0 Å². The number of nitrogens with zero attached hydrogens (tertiary/aromatic N) is 1. The van der Waals surface area contributed by atoms with Crippen LogP contribution >= 0.6 is 11.8 Å². The van der Waals surface area contributed by atoms with Crippen molar-refractivity contribution in [3.8, 4) is 0 Å². The molecular weight excluding hydrogens is 380 g/mol. The minimum absolute atomic E-state index is 0.166. The van der Waals surface area contributed by atoms with Gasteiger partial charge in [-0.25, -0.2) is 8.42 Å². The predicted molar refractivity (Wildman–Crippen MR) is 111 cm³/mol. The molecule has 1 saturated heterocycles. The third-order valence-corrected chi connectivity index (χ3v) is 7.31. The fourth-order valence-electron chi connectivity index (χ4n) is 2.95. The summed E-state index contributed by atoms with van der Waals surface area (Å²) >= 11 is 1.69. The molecule has 0 aromatic heterocycles. The van der Waals surface area contributed by atoms with Crippen LogP contribution in [-0.2, 0) is 10.0 Å². The molecule has 3 rings (SSSR count). The first-order valence-electron chi connectivity index (χ1n) is 9.04. The van der Waals surface area contributed by atoms with Crippen molar-refractivity contribution in [1.82, 2.24) is 5.32 Å². The van der Waals surface area contributed by atoms with E-state index in [9.17, 15) is 13.2 Å². The van der Waals surface area contributed by atoms with E-state index in [1.165, 1.54) is 14.8 Å². The van der Waals surface area contributed by atoms with Crippen molar-refractivity contribution in [2.45, 2.75) is 24.7 Å². The molecule has 0 spiro atoms. The number of sulfonamides is 1. The van der Waals surface area contributed by atoms with E-state index in [4.69, 9.17) is 0 Å². The van der Waals surface area contributed by atoms with Crippen molar-refractivity contribution in [3.05, 3.63) is 59.7 Å². The van der Waals surface area contributed by atoms with Crippen LogP contribution in [0.2, 0.25) is 0 Å².